The van der Waals surface area contributed by atoms with Gasteiger partial charge in [-0.15, -0.1) is 0 Å². The number of anilines is 1. The quantitative estimate of drug-likeness (QED) is 0.887. The van der Waals surface area contributed by atoms with E-state index in [1.165, 1.54) is 24.9 Å². The molecule has 0 amide bonds. The molecule has 2 rings (SSSR count). The van der Waals surface area contributed by atoms with Gasteiger partial charge < -0.3 is 10.6 Å². The Kier molecular flexibility index (Phi) is 3.96. The van der Waals surface area contributed by atoms with Crippen LogP contribution in [0.15, 0.2) is 30.3 Å². The van der Waals surface area contributed by atoms with Crippen LogP contribution in [0.2, 0.25) is 0 Å². The number of hydrogen-bond acceptors (Lipinski definition) is 2. The number of likely N-dealkylation sites (N-methyl/N-ethyl adjacent to an activating group) is 1. The van der Waals surface area contributed by atoms with E-state index in [0.717, 1.165) is 18.4 Å². The number of hydrogen-bond donors (Lipinski definition) is 1. The average Bonchev–Trinajstić information content (AvgIpc) is 2.42. The topological polar surface area (TPSA) is 29.3 Å². The summed E-state index contributed by atoms with van der Waals surface area (Å²) >= 11 is 0. The molecule has 0 aromatic heterocycles. The highest BCUT2D eigenvalue weighted by Crippen LogP contribution is 2.40. The van der Waals surface area contributed by atoms with Crippen molar-refractivity contribution in [2.24, 2.45) is 17.6 Å². The predicted molar refractivity (Wildman–Crippen MR) is 78.8 cm³/mol. The van der Waals surface area contributed by atoms with Gasteiger partial charge in [0.2, 0.25) is 0 Å². The van der Waals surface area contributed by atoms with Gasteiger partial charge in [-0.1, -0.05) is 32.0 Å². The normalized spacial score (nSPS) is 32.2. The monoisotopic (exact) mass is 246 g/mol. The van der Waals surface area contributed by atoms with Gasteiger partial charge in [0, 0.05) is 19.3 Å². The summed E-state index contributed by atoms with van der Waals surface area (Å²) in [5.41, 5.74) is 7.57. The van der Waals surface area contributed by atoms with E-state index in [0.29, 0.717) is 0 Å². The second-order valence-electron chi connectivity index (χ2n) is 6.02. The number of nitrogens with two attached hydrogens (primary N) is 1. The molecule has 0 aliphatic heterocycles. The van der Waals surface area contributed by atoms with Gasteiger partial charge in [-0.25, -0.2) is 0 Å². The molecule has 1 aliphatic rings. The summed E-state index contributed by atoms with van der Waals surface area (Å²) in [5.74, 6) is 1.59. The third-order valence-corrected chi connectivity index (χ3v) is 4.97. The van der Waals surface area contributed by atoms with Gasteiger partial charge >= 0.3 is 0 Å². The van der Waals surface area contributed by atoms with Crippen LogP contribution in [0.3, 0.4) is 0 Å². The molecule has 0 saturated heterocycles. The highest BCUT2D eigenvalue weighted by Gasteiger charge is 2.39. The summed E-state index contributed by atoms with van der Waals surface area (Å²) in [5, 5.41) is 0. The van der Waals surface area contributed by atoms with Crippen molar-refractivity contribution >= 4 is 5.69 Å². The molecule has 3 atom stereocenters. The molecule has 1 aromatic carbocycles. The van der Waals surface area contributed by atoms with Crippen LogP contribution in [-0.2, 0) is 0 Å². The fraction of sp³-hybridized carbons (Fsp3) is 0.625. The lowest BCUT2D eigenvalue weighted by molar-refractivity contribution is 0.176. The summed E-state index contributed by atoms with van der Waals surface area (Å²) in [7, 11) is 2.20. The van der Waals surface area contributed by atoms with E-state index in [9.17, 15) is 0 Å². The Bertz CT molecular complexity index is 376. The second kappa shape index (κ2) is 5.31. The number of nitrogens with zero attached hydrogens (tertiary/aromatic N) is 1. The van der Waals surface area contributed by atoms with Crippen LogP contribution in [-0.4, -0.2) is 19.1 Å². The van der Waals surface area contributed by atoms with Gasteiger partial charge in [0.15, 0.2) is 0 Å². The van der Waals surface area contributed by atoms with E-state index < -0.39 is 0 Å². The molecule has 1 aliphatic carbocycles. The molecule has 1 aromatic rings. The Morgan fingerprint density at radius 3 is 2.44 bits per heavy atom. The maximum Gasteiger partial charge on any atom is 0.0523 e. The molecule has 0 bridgehead atoms. The van der Waals surface area contributed by atoms with E-state index in [2.05, 4.69) is 56.1 Å². The predicted octanol–water partition coefficient (Wildman–Crippen LogP) is 3.28. The molecule has 2 heteroatoms. The first-order valence-electron chi connectivity index (χ1n) is 7.08. The van der Waals surface area contributed by atoms with Gasteiger partial charge in [-0.3, -0.25) is 0 Å². The molecule has 1 saturated carbocycles. The molecule has 100 valence electrons. The summed E-state index contributed by atoms with van der Waals surface area (Å²) in [4.78, 5) is 2.41. The fourth-order valence-electron chi connectivity index (χ4n) is 3.24. The zero-order chi connectivity index (χ0) is 13.2. The van der Waals surface area contributed by atoms with Crippen LogP contribution >= 0.6 is 0 Å². The van der Waals surface area contributed by atoms with E-state index in [4.69, 9.17) is 5.73 Å². The highest BCUT2D eigenvalue weighted by molar-refractivity contribution is 5.48. The molecule has 1 fully saturated rings. The van der Waals surface area contributed by atoms with Gasteiger partial charge in [0.05, 0.1) is 5.54 Å². The van der Waals surface area contributed by atoms with Gasteiger partial charge in [0.25, 0.3) is 0 Å². The van der Waals surface area contributed by atoms with Crippen molar-refractivity contribution in [2.45, 2.75) is 38.6 Å². The standard InChI is InChI=1S/C16H26N2/c1-13-9-10-16(12-17,11-14(13)2)18(3)15-7-5-4-6-8-15/h4-8,13-14H,9-12,17H2,1-3H3. The molecule has 18 heavy (non-hydrogen) atoms. The van der Waals surface area contributed by atoms with E-state index in [1.54, 1.807) is 0 Å². The zero-order valence-corrected chi connectivity index (χ0v) is 11.9. The van der Waals surface area contributed by atoms with Crippen molar-refractivity contribution in [1.29, 1.82) is 0 Å². The van der Waals surface area contributed by atoms with E-state index in [-0.39, 0.29) is 5.54 Å². The fourth-order valence-corrected chi connectivity index (χ4v) is 3.24. The lowest BCUT2D eigenvalue weighted by atomic mass is 9.70. The van der Waals surface area contributed by atoms with E-state index in [1.807, 2.05) is 0 Å². The van der Waals surface area contributed by atoms with Gasteiger partial charge in [-0.05, 0) is 43.2 Å². The Hall–Kier alpha value is -1.02. The van der Waals surface area contributed by atoms with Crippen molar-refractivity contribution in [1.82, 2.24) is 0 Å². The summed E-state index contributed by atoms with van der Waals surface area (Å²) in [6.45, 7) is 5.48. The number of para-hydroxylation sites is 1. The van der Waals surface area contributed by atoms with Crippen LogP contribution < -0.4 is 10.6 Å². The van der Waals surface area contributed by atoms with Gasteiger partial charge in [-0.2, -0.15) is 0 Å². The molecular formula is C16H26N2. The zero-order valence-electron chi connectivity index (χ0n) is 11.9. The highest BCUT2D eigenvalue weighted by atomic mass is 15.2. The summed E-state index contributed by atoms with van der Waals surface area (Å²) < 4.78 is 0. The first-order chi connectivity index (χ1) is 8.59. The van der Waals surface area contributed by atoms with Crippen LogP contribution in [0.25, 0.3) is 0 Å². The van der Waals surface area contributed by atoms with Crippen molar-refractivity contribution < 1.29 is 0 Å². The Labute approximate surface area is 111 Å². The molecular weight excluding hydrogens is 220 g/mol. The third-order valence-electron chi connectivity index (χ3n) is 4.97. The van der Waals surface area contributed by atoms with Crippen LogP contribution in [0.1, 0.15) is 33.1 Å². The number of benzene rings is 1. The minimum absolute atomic E-state index is 0.146. The Morgan fingerprint density at radius 1 is 1.22 bits per heavy atom. The van der Waals surface area contributed by atoms with Crippen molar-refractivity contribution in [3.63, 3.8) is 0 Å². The Morgan fingerprint density at radius 2 is 1.89 bits per heavy atom. The minimum atomic E-state index is 0.146. The number of rotatable bonds is 3. The Balaban J connectivity index is 2.22. The second-order valence-corrected chi connectivity index (χ2v) is 6.02. The average molecular weight is 246 g/mol. The summed E-state index contributed by atoms with van der Waals surface area (Å²) in [6, 6.07) is 10.6. The lowest BCUT2D eigenvalue weighted by Gasteiger charge is -2.49. The van der Waals surface area contributed by atoms with Crippen molar-refractivity contribution in [3.8, 4) is 0 Å². The summed E-state index contributed by atoms with van der Waals surface area (Å²) in [6.07, 6.45) is 3.70. The van der Waals surface area contributed by atoms with E-state index >= 15 is 0 Å². The smallest absolute Gasteiger partial charge is 0.0523 e. The first-order valence-corrected chi connectivity index (χ1v) is 7.08. The SMILES string of the molecule is CC1CCC(CN)(N(C)c2ccccc2)CC1C. The molecule has 2 N–H and O–H groups in total. The molecule has 2 nitrogen and oxygen atoms in total. The van der Waals surface area contributed by atoms with Gasteiger partial charge in [0.1, 0.15) is 0 Å². The lowest BCUT2D eigenvalue weighted by Crippen LogP contribution is -2.56. The van der Waals surface area contributed by atoms with Crippen LogP contribution in [0.4, 0.5) is 5.69 Å². The van der Waals surface area contributed by atoms with Crippen LogP contribution in [0.5, 0.6) is 0 Å². The minimum Gasteiger partial charge on any atom is -0.368 e. The molecule has 0 heterocycles. The molecule has 0 radical (unpaired) electrons. The third kappa shape index (κ3) is 2.39. The maximum atomic E-state index is 6.14. The largest absolute Gasteiger partial charge is 0.368 e. The van der Waals surface area contributed by atoms with Crippen molar-refractivity contribution in [3.05, 3.63) is 30.3 Å². The van der Waals surface area contributed by atoms with Crippen molar-refractivity contribution in [2.75, 3.05) is 18.5 Å². The molecule has 0 spiro atoms. The van der Waals surface area contributed by atoms with Crippen LogP contribution in [0, 0.1) is 11.8 Å². The molecule has 3 unspecified atom stereocenters. The maximum absolute atomic E-state index is 6.14. The first kappa shape index (κ1) is 13.4.